The normalized spacial score (nSPS) is 21.8. The Hall–Kier alpha value is -3.98. The quantitative estimate of drug-likeness (QED) is 0.364. The zero-order valence-electron chi connectivity index (χ0n) is 24.9. The molecule has 0 saturated carbocycles. The Bertz CT molecular complexity index is 1620. The molecule has 1 aromatic heterocycles. The first-order valence-electron chi connectivity index (χ1n) is 14.7. The third kappa shape index (κ3) is 5.77. The Labute approximate surface area is 261 Å². The molecule has 3 aromatic rings. The van der Waals surface area contributed by atoms with Crippen LogP contribution in [-0.2, 0) is 22.5 Å². The van der Waals surface area contributed by atoms with Gasteiger partial charge in [0.15, 0.2) is 5.83 Å². The maximum Gasteiger partial charge on any atom is 0.319 e. The number of likely N-dealkylation sites (N-methyl/N-ethyl adjacent to an activating group) is 1. The van der Waals surface area contributed by atoms with Gasteiger partial charge < -0.3 is 29.1 Å². The fourth-order valence-corrected chi connectivity index (χ4v) is 6.73. The van der Waals surface area contributed by atoms with Crippen molar-refractivity contribution < 1.29 is 18.7 Å². The SMILES string of the molecule is C=C(F)C(=O)N1CCN(c2nc(O[C@@H]3COC[C@H]3N(C)C)nc3c2CCN(c2cccc4cccc(Cl)c24)C3)CC1CC#N. The molecule has 12 heteroatoms. The predicted octanol–water partition coefficient (Wildman–Crippen LogP) is 3.97. The van der Waals surface area contributed by atoms with Crippen LogP contribution < -0.4 is 14.5 Å². The number of carbonyl (C=O) groups excluding carboxylic acids is 1. The Morgan fingerprint density at radius 1 is 1.18 bits per heavy atom. The summed E-state index contributed by atoms with van der Waals surface area (Å²) in [6.07, 6.45) is 0.483. The molecular formula is C32H35ClFN7O3. The summed E-state index contributed by atoms with van der Waals surface area (Å²) in [5, 5.41) is 12.3. The maximum atomic E-state index is 13.8. The van der Waals surface area contributed by atoms with Crippen molar-refractivity contribution in [1.29, 1.82) is 5.26 Å². The molecule has 0 N–H and O–H groups in total. The second kappa shape index (κ2) is 12.6. The summed E-state index contributed by atoms with van der Waals surface area (Å²) >= 11 is 6.69. The van der Waals surface area contributed by atoms with Crippen LogP contribution in [0.5, 0.6) is 6.01 Å². The molecule has 0 spiro atoms. The van der Waals surface area contributed by atoms with Crippen LogP contribution in [0.2, 0.25) is 5.02 Å². The molecule has 3 atom stereocenters. The Balaban J connectivity index is 1.37. The molecule has 2 fully saturated rings. The number of ether oxygens (including phenoxy) is 2. The molecule has 2 saturated heterocycles. The van der Waals surface area contributed by atoms with Crippen LogP contribution in [0.3, 0.4) is 0 Å². The van der Waals surface area contributed by atoms with E-state index in [-0.39, 0.29) is 31.1 Å². The number of nitriles is 1. The Kier molecular flexibility index (Phi) is 8.58. The monoisotopic (exact) mass is 619 g/mol. The lowest BCUT2D eigenvalue weighted by Crippen LogP contribution is -2.55. The van der Waals surface area contributed by atoms with Gasteiger partial charge in [0.1, 0.15) is 11.9 Å². The first kappa shape index (κ1) is 30.1. The van der Waals surface area contributed by atoms with Crippen LogP contribution in [0.4, 0.5) is 15.9 Å². The fourth-order valence-electron chi connectivity index (χ4n) is 6.45. The molecule has 3 aliphatic heterocycles. The lowest BCUT2D eigenvalue weighted by Gasteiger charge is -2.42. The Morgan fingerprint density at radius 3 is 2.73 bits per heavy atom. The van der Waals surface area contributed by atoms with Gasteiger partial charge in [-0.05, 0) is 38.0 Å². The van der Waals surface area contributed by atoms with Crippen LogP contribution in [0.15, 0.2) is 48.8 Å². The number of piperazine rings is 1. The predicted molar refractivity (Wildman–Crippen MR) is 167 cm³/mol. The molecule has 1 amide bonds. The van der Waals surface area contributed by atoms with E-state index >= 15 is 0 Å². The number of anilines is 2. The summed E-state index contributed by atoms with van der Waals surface area (Å²) in [5.74, 6) is -1.09. The molecule has 6 rings (SSSR count). The summed E-state index contributed by atoms with van der Waals surface area (Å²) in [5.41, 5.74) is 2.87. The number of rotatable bonds is 7. The highest BCUT2D eigenvalue weighted by molar-refractivity contribution is 6.36. The van der Waals surface area contributed by atoms with Crippen molar-refractivity contribution in [2.45, 2.75) is 37.6 Å². The summed E-state index contributed by atoms with van der Waals surface area (Å²) < 4.78 is 26.0. The molecule has 0 bridgehead atoms. The molecule has 0 aliphatic carbocycles. The van der Waals surface area contributed by atoms with Crippen LogP contribution in [-0.4, -0.2) is 97.4 Å². The zero-order chi connectivity index (χ0) is 31.0. The van der Waals surface area contributed by atoms with Crippen molar-refractivity contribution in [3.05, 3.63) is 65.1 Å². The molecule has 44 heavy (non-hydrogen) atoms. The number of halogens is 2. The summed E-state index contributed by atoms with van der Waals surface area (Å²) in [7, 11) is 3.98. The standard InChI is InChI=1S/C32H35ClFN7O3/c1-20(34)31(42)41-15-14-40(16-22(41)10-12-35)30-23-11-13-39(26-9-5-7-21-6-4-8-24(33)29(21)26)17-25(23)36-32(37-30)44-28-19-43-18-27(28)38(2)3/h4-9,22,27-28H,1,10-11,13-19H2,2-3H3/t22?,27-,28-/m1/s1. The lowest BCUT2D eigenvalue weighted by atomic mass is 10.0. The second-order valence-electron chi connectivity index (χ2n) is 11.6. The number of aromatic nitrogens is 2. The van der Waals surface area contributed by atoms with E-state index in [0.29, 0.717) is 44.3 Å². The minimum absolute atomic E-state index is 0.0516. The average Bonchev–Trinajstić information content (AvgIpc) is 3.48. The van der Waals surface area contributed by atoms with Crippen LogP contribution >= 0.6 is 11.6 Å². The second-order valence-corrected chi connectivity index (χ2v) is 12.0. The highest BCUT2D eigenvalue weighted by atomic mass is 35.5. The molecule has 4 heterocycles. The highest BCUT2D eigenvalue weighted by Crippen LogP contribution is 2.37. The van der Waals surface area contributed by atoms with Crippen molar-refractivity contribution in [3.63, 3.8) is 0 Å². The van der Waals surface area contributed by atoms with E-state index in [1.807, 2.05) is 32.3 Å². The highest BCUT2D eigenvalue weighted by Gasteiger charge is 2.36. The van der Waals surface area contributed by atoms with Gasteiger partial charge in [0.05, 0.1) is 55.0 Å². The van der Waals surface area contributed by atoms with Gasteiger partial charge in [-0.3, -0.25) is 4.79 Å². The molecule has 1 unspecified atom stereocenters. The van der Waals surface area contributed by atoms with E-state index in [1.54, 1.807) is 0 Å². The first-order valence-corrected chi connectivity index (χ1v) is 15.1. The van der Waals surface area contributed by atoms with E-state index in [4.69, 9.17) is 31.0 Å². The largest absolute Gasteiger partial charge is 0.456 e. The molecule has 3 aliphatic rings. The van der Waals surface area contributed by atoms with Crippen LogP contribution in [0.25, 0.3) is 10.8 Å². The number of benzene rings is 2. The summed E-state index contributed by atoms with van der Waals surface area (Å²) in [6.45, 7) is 6.37. The van der Waals surface area contributed by atoms with Crippen molar-refractivity contribution in [2.75, 3.05) is 63.3 Å². The van der Waals surface area contributed by atoms with Crippen molar-refractivity contribution >= 4 is 39.8 Å². The van der Waals surface area contributed by atoms with Gasteiger partial charge in [-0.1, -0.05) is 42.4 Å². The van der Waals surface area contributed by atoms with Gasteiger partial charge >= 0.3 is 6.01 Å². The van der Waals surface area contributed by atoms with E-state index in [2.05, 4.69) is 45.5 Å². The molecule has 10 nitrogen and oxygen atoms in total. The van der Waals surface area contributed by atoms with Crippen molar-refractivity contribution in [1.82, 2.24) is 19.8 Å². The molecular weight excluding hydrogens is 585 g/mol. The van der Waals surface area contributed by atoms with Gasteiger partial charge in [0.2, 0.25) is 0 Å². The molecule has 230 valence electrons. The van der Waals surface area contributed by atoms with Gasteiger partial charge in [-0.2, -0.15) is 15.2 Å². The van der Waals surface area contributed by atoms with Gasteiger partial charge in [0.25, 0.3) is 5.91 Å². The summed E-state index contributed by atoms with van der Waals surface area (Å²) in [6, 6.07) is 14.0. The van der Waals surface area contributed by atoms with Gasteiger partial charge in [-0.15, -0.1) is 0 Å². The summed E-state index contributed by atoms with van der Waals surface area (Å²) in [4.78, 5) is 30.2. The van der Waals surface area contributed by atoms with E-state index in [1.165, 1.54) is 4.90 Å². The van der Waals surface area contributed by atoms with E-state index in [0.717, 1.165) is 40.1 Å². The van der Waals surface area contributed by atoms with Gasteiger partial charge in [-0.25, -0.2) is 4.39 Å². The fraction of sp³-hybridized carbons (Fsp3) is 0.438. The molecule has 0 radical (unpaired) electrons. The number of amides is 1. The number of fused-ring (bicyclic) bond motifs is 2. The first-order chi connectivity index (χ1) is 21.2. The minimum Gasteiger partial charge on any atom is -0.456 e. The van der Waals surface area contributed by atoms with Crippen molar-refractivity contribution in [2.24, 2.45) is 0 Å². The van der Waals surface area contributed by atoms with Crippen LogP contribution in [0, 0.1) is 11.3 Å². The maximum absolute atomic E-state index is 13.8. The minimum atomic E-state index is -1.03. The number of hydrogen-bond acceptors (Lipinski definition) is 9. The van der Waals surface area contributed by atoms with E-state index < -0.39 is 17.8 Å². The van der Waals surface area contributed by atoms with E-state index in [9.17, 15) is 14.4 Å². The average molecular weight is 620 g/mol. The van der Waals surface area contributed by atoms with Crippen molar-refractivity contribution in [3.8, 4) is 12.1 Å². The lowest BCUT2D eigenvalue weighted by molar-refractivity contribution is -0.131. The topological polar surface area (TPSA) is 98.1 Å². The third-order valence-corrected chi connectivity index (χ3v) is 9.03. The molecule has 2 aromatic carbocycles. The smallest absolute Gasteiger partial charge is 0.319 e. The third-order valence-electron chi connectivity index (χ3n) is 8.72. The number of carbonyl (C=O) groups is 1. The zero-order valence-corrected chi connectivity index (χ0v) is 25.6. The van der Waals surface area contributed by atoms with Gasteiger partial charge in [0, 0.05) is 42.8 Å². The number of nitrogens with zero attached hydrogens (tertiary/aromatic N) is 7. The number of hydrogen-bond donors (Lipinski definition) is 0. The van der Waals surface area contributed by atoms with Crippen LogP contribution in [0.1, 0.15) is 17.7 Å². The Morgan fingerprint density at radius 2 is 1.98 bits per heavy atom.